The summed E-state index contributed by atoms with van der Waals surface area (Å²) in [5.74, 6) is 0. The number of nitrogens with zero attached hydrogens (tertiary/aromatic N) is 2. The molecule has 1 aromatic heterocycles. The number of aromatic nitrogens is 1. The van der Waals surface area contributed by atoms with Crippen molar-refractivity contribution in [2.75, 3.05) is 11.4 Å². The van der Waals surface area contributed by atoms with Crippen molar-refractivity contribution in [1.82, 2.24) is 4.98 Å². The number of carbonyl (C=O) groups is 1. The van der Waals surface area contributed by atoms with Crippen LogP contribution in [0.2, 0.25) is 5.02 Å². The summed E-state index contributed by atoms with van der Waals surface area (Å²) in [5, 5.41) is 2.88. The fourth-order valence-corrected chi connectivity index (χ4v) is 3.78. The molecule has 0 bridgehead atoms. The van der Waals surface area contributed by atoms with Gasteiger partial charge in [-0.1, -0.05) is 29.8 Å². The SMILES string of the molecule is O=Cc1ccc2cnccc2c1N1CCCC1c1ccc(Cl)cc1. The summed E-state index contributed by atoms with van der Waals surface area (Å²) in [6, 6.07) is 14.1. The molecule has 4 rings (SSSR count). The Hall–Kier alpha value is -2.39. The Bertz CT molecular complexity index is 892. The van der Waals surface area contributed by atoms with Crippen molar-refractivity contribution in [2.24, 2.45) is 0 Å². The zero-order valence-electron chi connectivity index (χ0n) is 13.2. The Labute approximate surface area is 145 Å². The molecule has 2 aromatic carbocycles. The van der Waals surface area contributed by atoms with Crippen LogP contribution in [0.3, 0.4) is 0 Å². The van der Waals surface area contributed by atoms with E-state index >= 15 is 0 Å². The molecule has 0 amide bonds. The molecule has 1 fully saturated rings. The highest BCUT2D eigenvalue weighted by molar-refractivity contribution is 6.30. The first kappa shape index (κ1) is 15.2. The molecule has 120 valence electrons. The number of pyridine rings is 1. The van der Waals surface area contributed by atoms with Gasteiger partial charge >= 0.3 is 0 Å². The minimum atomic E-state index is 0.264. The van der Waals surface area contributed by atoms with Crippen molar-refractivity contribution in [3.05, 3.63) is 71.0 Å². The molecular formula is C20H17ClN2O. The van der Waals surface area contributed by atoms with Gasteiger partial charge in [-0.15, -0.1) is 0 Å². The quantitative estimate of drug-likeness (QED) is 0.628. The summed E-state index contributed by atoms with van der Waals surface area (Å²) in [6.07, 6.45) is 6.76. The van der Waals surface area contributed by atoms with Crippen LogP contribution in [-0.4, -0.2) is 17.8 Å². The Morgan fingerprint density at radius 3 is 2.75 bits per heavy atom. The van der Waals surface area contributed by atoms with E-state index in [-0.39, 0.29) is 6.04 Å². The molecule has 0 spiro atoms. The maximum absolute atomic E-state index is 11.7. The van der Waals surface area contributed by atoms with Gasteiger partial charge in [0.2, 0.25) is 0 Å². The Morgan fingerprint density at radius 2 is 1.96 bits per heavy atom. The lowest BCUT2D eigenvalue weighted by molar-refractivity contribution is 0.112. The number of benzene rings is 2. The molecule has 24 heavy (non-hydrogen) atoms. The Kier molecular flexibility index (Phi) is 3.95. The van der Waals surface area contributed by atoms with E-state index in [1.807, 2.05) is 36.5 Å². The van der Waals surface area contributed by atoms with Crippen molar-refractivity contribution in [3.8, 4) is 0 Å². The van der Waals surface area contributed by atoms with E-state index < -0.39 is 0 Å². The first-order valence-electron chi connectivity index (χ1n) is 8.12. The molecule has 2 heterocycles. The summed E-state index contributed by atoms with van der Waals surface area (Å²) in [7, 11) is 0. The van der Waals surface area contributed by atoms with Crippen molar-refractivity contribution in [2.45, 2.75) is 18.9 Å². The van der Waals surface area contributed by atoms with Crippen LogP contribution >= 0.6 is 11.6 Å². The average Bonchev–Trinajstić information content (AvgIpc) is 3.10. The van der Waals surface area contributed by atoms with Crippen LogP contribution in [0.4, 0.5) is 5.69 Å². The summed E-state index contributed by atoms with van der Waals surface area (Å²) in [4.78, 5) is 18.2. The van der Waals surface area contributed by atoms with Crippen molar-refractivity contribution >= 4 is 34.3 Å². The standard InChI is InChI=1S/C20H17ClN2O/c21-17-7-5-14(6-8-17)19-2-1-11-23(19)20-16(13-24)4-3-15-12-22-10-9-18(15)20/h3-10,12-13,19H,1-2,11H2. The van der Waals surface area contributed by atoms with Gasteiger partial charge in [0, 0.05) is 40.3 Å². The predicted octanol–water partition coefficient (Wildman–Crippen LogP) is 5.04. The number of aldehydes is 1. The molecule has 1 unspecified atom stereocenters. The molecule has 1 aliphatic heterocycles. The van der Waals surface area contributed by atoms with Gasteiger partial charge in [0.05, 0.1) is 11.7 Å². The number of anilines is 1. The largest absolute Gasteiger partial charge is 0.363 e. The monoisotopic (exact) mass is 336 g/mol. The molecule has 1 atom stereocenters. The number of carbonyl (C=O) groups excluding carboxylic acids is 1. The van der Waals surface area contributed by atoms with E-state index in [1.54, 1.807) is 6.20 Å². The lowest BCUT2D eigenvalue weighted by Crippen LogP contribution is -2.24. The number of hydrogen-bond donors (Lipinski definition) is 0. The van der Waals surface area contributed by atoms with Crippen LogP contribution in [0.25, 0.3) is 10.8 Å². The van der Waals surface area contributed by atoms with Gasteiger partial charge in [-0.2, -0.15) is 0 Å². The maximum Gasteiger partial charge on any atom is 0.152 e. The van der Waals surface area contributed by atoms with Gasteiger partial charge in [-0.3, -0.25) is 9.78 Å². The predicted molar refractivity (Wildman–Crippen MR) is 97.9 cm³/mol. The van der Waals surface area contributed by atoms with Crippen LogP contribution in [0.1, 0.15) is 34.8 Å². The van der Waals surface area contributed by atoms with Gasteiger partial charge in [0.1, 0.15) is 0 Å². The number of hydrogen-bond acceptors (Lipinski definition) is 3. The number of rotatable bonds is 3. The van der Waals surface area contributed by atoms with E-state index in [4.69, 9.17) is 11.6 Å². The van der Waals surface area contributed by atoms with Gasteiger partial charge < -0.3 is 4.90 Å². The second-order valence-corrected chi connectivity index (χ2v) is 6.56. The molecule has 3 aromatic rings. The van der Waals surface area contributed by atoms with Crippen LogP contribution in [0.15, 0.2) is 54.9 Å². The van der Waals surface area contributed by atoms with Crippen molar-refractivity contribution < 1.29 is 4.79 Å². The molecule has 1 aliphatic rings. The molecule has 0 saturated carbocycles. The Balaban J connectivity index is 1.86. The molecule has 0 N–H and O–H groups in total. The first-order valence-corrected chi connectivity index (χ1v) is 8.50. The lowest BCUT2D eigenvalue weighted by Gasteiger charge is -2.29. The van der Waals surface area contributed by atoms with Gasteiger partial charge in [0.15, 0.2) is 6.29 Å². The summed E-state index contributed by atoms with van der Waals surface area (Å²) >= 11 is 6.03. The van der Waals surface area contributed by atoms with Crippen LogP contribution in [-0.2, 0) is 0 Å². The summed E-state index contributed by atoms with van der Waals surface area (Å²) in [5.41, 5.74) is 2.98. The summed E-state index contributed by atoms with van der Waals surface area (Å²) < 4.78 is 0. The number of halogens is 1. The first-order chi connectivity index (χ1) is 11.8. The molecule has 1 saturated heterocycles. The second kappa shape index (κ2) is 6.25. The van der Waals surface area contributed by atoms with Crippen LogP contribution in [0.5, 0.6) is 0 Å². The van der Waals surface area contributed by atoms with Crippen molar-refractivity contribution in [3.63, 3.8) is 0 Å². The maximum atomic E-state index is 11.7. The highest BCUT2D eigenvalue weighted by Crippen LogP contribution is 2.41. The molecular weight excluding hydrogens is 320 g/mol. The second-order valence-electron chi connectivity index (χ2n) is 6.12. The Morgan fingerprint density at radius 1 is 1.12 bits per heavy atom. The average molecular weight is 337 g/mol. The minimum Gasteiger partial charge on any atom is -0.363 e. The van der Waals surface area contributed by atoms with E-state index in [2.05, 4.69) is 22.0 Å². The lowest BCUT2D eigenvalue weighted by atomic mass is 10.0. The zero-order valence-corrected chi connectivity index (χ0v) is 13.9. The molecule has 4 heteroatoms. The van der Waals surface area contributed by atoms with Crippen LogP contribution < -0.4 is 4.90 Å². The molecule has 0 radical (unpaired) electrons. The van der Waals surface area contributed by atoms with E-state index in [0.717, 1.165) is 52.7 Å². The number of fused-ring (bicyclic) bond motifs is 1. The minimum absolute atomic E-state index is 0.264. The topological polar surface area (TPSA) is 33.2 Å². The van der Waals surface area contributed by atoms with Crippen molar-refractivity contribution in [1.29, 1.82) is 0 Å². The molecule has 3 nitrogen and oxygen atoms in total. The van der Waals surface area contributed by atoms with E-state index in [1.165, 1.54) is 5.56 Å². The van der Waals surface area contributed by atoms with Gasteiger partial charge in [-0.05, 0) is 42.7 Å². The van der Waals surface area contributed by atoms with E-state index in [0.29, 0.717) is 0 Å². The highest BCUT2D eigenvalue weighted by atomic mass is 35.5. The summed E-state index contributed by atoms with van der Waals surface area (Å²) in [6.45, 7) is 0.940. The fourth-order valence-electron chi connectivity index (χ4n) is 3.65. The van der Waals surface area contributed by atoms with E-state index in [9.17, 15) is 4.79 Å². The van der Waals surface area contributed by atoms with Gasteiger partial charge in [-0.25, -0.2) is 0 Å². The normalized spacial score (nSPS) is 17.4. The fraction of sp³-hybridized carbons (Fsp3) is 0.200. The third-order valence-electron chi connectivity index (χ3n) is 4.74. The van der Waals surface area contributed by atoms with Gasteiger partial charge in [0.25, 0.3) is 0 Å². The smallest absolute Gasteiger partial charge is 0.152 e. The third kappa shape index (κ3) is 2.55. The third-order valence-corrected chi connectivity index (χ3v) is 5.00. The molecule has 0 aliphatic carbocycles. The van der Waals surface area contributed by atoms with Crippen LogP contribution in [0, 0.1) is 0 Å². The zero-order chi connectivity index (χ0) is 16.5. The highest BCUT2D eigenvalue weighted by Gasteiger charge is 2.29.